The van der Waals surface area contributed by atoms with Crippen LogP contribution in [0.2, 0.25) is 0 Å². The zero-order valence-electron chi connectivity index (χ0n) is 11.6. The first-order valence-electron chi connectivity index (χ1n) is 6.16. The van der Waals surface area contributed by atoms with E-state index in [9.17, 15) is 9.18 Å². The van der Waals surface area contributed by atoms with E-state index >= 15 is 0 Å². The van der Waals surface area contributed by atoms with Crippen LogP contribution in [0.15, 0.2) is 12.1 Å². The predicted octanol–water partition coefficient (Wildman–Crippen LogP) is 0.704. The summed E-state index contributed by atoms with van der Waals surface area (Å²) in [5.41, 5.74) is 6.78. The number of nitrogens with two attached hydrogens (primary N) is 1. The van der Waals surface area contributed by atoms with Gasteiger partial charge in [0.1, 0.15) is 17.6 Å². The van der Waals surface area contributed by atoms with E-state index in [1.54, 1.807) is 0 Å². The van der Waals surface area contributed by atoms with Crippen molar-refractivity contribution >= 4 is 18.3 Å². The molecule has 1 heterocycles. The Kier molecular flexibility index (Phi) is 6.83. The van der Waals surface area contributed by atoms with Gasteiger partial charge in [0.25, 0.3) is 0 Å². The van der Waals surface area contributed by atoms with Gasteiger partial charge in [-0.3, -0.25) is 4.79 Å². The number of nitrogens with one attached hydrogen (secondary N) is 1. The molecule has 1 aliphatic rings. The highest BCUT2D eigenvalue weighted by Gasteiger charge is 2.18. The van der Waals surface area contributed by atoms with Crippen LogP contribution in [0.3, 0.4) is 0 Å². The Morgan fingerprint density at radius 1 is 1.57 bits per heavy atom. The molecule has 1 amide bonds. The number of amides is 1. The minimum absolute atomic E-state index is 0. The third-order valence-corrected chi connectivity index (χ3v) is 2.89. The fourth-order valence-electron chi connectivity index (χ4n) is 1.96. The molecule has 0 bridgehead atoms. The van der Waals surface area contributed by atoms with E-state index in [0.717, 1.165) is 0 Å². The predicted molar refractivity (Wildman–Crippen MR) is 75.6 cm³/mol. The van der Waals surface area contributed by atoms with Crippen LogP contribution >= 0.6 is 12.4 Å². The molecule has 3 N–H and O–H groups in total. The maximum absolute atomic E-state index is 13.5. The molecule has 1 aromatic carbocycles. The molecular weight excluding hydrogens is 303 g/mol. The Bertz CT molecular complexity index is 501. The van der Waals surface area contributed by atoms with Gasteiger partial charge < -0.3 is 25.3 Å². The number of hydrogen-bond acceptors (Lipinski definition) is 5. The second-order valence-corrected chi connectivity index (χ2v) is 4.44. The van der Waals surface area contributed by atoms with Crippen LogP contribution in [0.5, 0.6) is 5.75 Å². The number of benzene rings is 1. The number of carbonyl (C=O) groups is 1. The van der Waals surface area contributed by atoms with Crippen LogP contribution in [0.4, 0.5) is 4.39 Å². The summed E-state index contributed by atoms with van der Waals surface area (Å²) in [6.07, 6.45) is 0. The molecule has 0 radical (unpaired) electrons. The normalized spacial score (nSPS) is 14.4. The average molecular weight is 321 g/mol. The molecule has 21 heavy (non-hydrogen) atoms. The monoisotopic (exact) mass is 320 g/mol. The third kappa shape index (κ3) is 4.53. The van der Waals surface area contributed by atoms with Crippen LogP contribution in [0.1, 0.15) is 11.1 Å². The molecule has 0 aromatic heterocycles. The van der Waals surface area contributed by atoms with Crippen molar-refractivity contribution in [1.29, 1.82) is 0 Å². The molecule has 1 aliphatic heterocycles. The van der Waals surface area contributed by atoms with E-state index in [-0.39, 0.29) is 44.9 Å². The first kappa shape index (κ1) is 17.6. The van der Waals surface area contributed by atoms with Crippen LogP contribution in [0.25, 0.3) is 0 Å². The summed E-state index contributed by atoms with van der Waals surface area (Å²) in [5.74, 6) is -0.210. The van der Waals surface area contributed by atoms with E-state index in [2.05, 4.69) is 5.32 Å². The Hall–Kier alpha value is -1.41. The van der Waals surface area contributed by atoms with Crippen molar-refractivity contribution in [2.24, 2.45) is 5.73 Å². The number of ether oxygens (including phenoxy) is 3. The highest BCUT2D eigenvalue weighted by atomic mass is 35.5. The number of carbonyl (C=O) groups excluding carboxylic acids is 1. The van der Waals surface area contributed by atoms with Gasteiger partial charge in [0.2, 0.25) is 5.91 Å². The lowest BCUT2D eigenvalue weighted by Gasteiger charge is -2.21. The molecule has 0 aliphatic carbocycles. The van der Waals surface area contributed by atoms with Crippen LogP contribution in [-0.2, 0) is 27.4 Å². The third-order valence-electron chi connectivity index (χ3n) is 2.89. The summed E-state index contributed by atoms with van der Waals surface area (Å²) in [7, 11) is 1.46. The van der Waals surface area contributed by atoms with E-state index in [4.69, 9.17) is 19.9 Å². The Balaban J connectivity index is 0.00000220. The van der Waals surface area contributed by atoms with Crippen molar-refractivity contribution in [3.8, 4) is 5.75 Å². The van der Waals surface area contributed by atoms with E-state index in [0.29, 0.717) is 16.9 Å². The minimum atomic E-state index is -0.756. The fourth-order valence-corrected chi connectivity index (χ4v) is 1.96. The van der Waals surface area contributed by atoms with Crippen molar-refractivity contribution in [1.82, 2.24) is 5.32 Å². The second kappa shape index (κ2) is 8.14. The highest BCUT2D eigenvalue weighted by Crippen LogP contribution is 2.29. The van der Waals surface area contributed by atoms with Gasteiger partial charge in [-0.05, 0) is 12.1 Å². The lowest BCUT2D eigenvalue weighted by atomic mass is 10.1. The van der Waals surface area contributed by atoms with Crippen molar-refractivity contribution in [3.05, 3.63) is 29.1 Å². The van der Waals surface area contributed by atoms with Gasteiger partial charge in [-0.25, -0.2) is 4.39 Å². The Morgan fingerprint density at radius 3 is 3.05 bits per heavy atom. The molecule has 2 rings (SSSR count). The number of hydrogen-bond donors (Lipinski definition) is 2. The van der Waals surface area contributed by atoms with Crippen molar-refractivity contribution in [2.45, 2.75) is 19.2 Å². The van der Waals surface area contributed by atoms with Crippen molar-refractivity contribution < 1.29 is 23.4 Å². The van der Waals surface area contributed by atoms with Crippen LogP contribution in [0, 0.1) is 5.82 Å². The van der Waals surface area contributed by atoms with Gasteiger partial charge in [-0.15, -0.1) is 12.4 Å². The van der Waals surface area contributed by atoms with Gasteiger partial charge in [-0.1, -0.05) is 0 Å². The van der Waals surface area contributed by atoms with E-state index < -0.39 is 11.9 Å². The standard InChI is InChI=1S/C13H17FN2O4.ClH/c1-18-6-11(15)13(17)16-4-8-2-10(14)3-9-5-19-7-20-12(8)9;/h2-3,11H,4-7,15H2,1H3,(H,16,17);1H. The summed E-state index contributed by atoms with van der Waals surface area (Å²) in [6, 6.07) is 1.93. The van der Waals surface area contributed by atoms with Gasteiger partial charge >= 0.3 is 0 Å². The molecule has 1 aromatic rings. The van der Waals surface area contributed by atoms with Gasteiger partial charge in [0, 0.05) is 24.8 Å². The molecule has 1 atom stereocenters. The van der Waals surface area contributed by atoms with Crippen LogP contribution < -0.4 is 15.8 Å². The molecule has 8 heteroatoms. The number of halogens is 2. The molecule has 0 spiro atoms. The smallest absolute Gasteiger partial charge is 0.239 e. The zero-order valence-corrected chi connectivity index (χ0v) is 12.4. The fraction of sp³-hybridized carbons (Fsp3) is 0.462. The maximum Gasteiger partial charge on any atom is 0.239 e. The van der Waals surface area contributed by atoms with Gasteiger partial charge in [0.05, 0.1) is 13.2 Å². The second-order valence-electron chi connectivity index (χ2n) is 4.44. The topological polar surface area (TPSA) is 82.8 Å². The van der Waals surface area contributed by atoms with Crippen molar-refractivity contribution in [2.75, 3.05) is 20.5 Å². The van der Waals surface area contributed by atoms with Gasteiger partial charge in [-0.2, -0.15) is 0 Å². The lowest BCUT2D eigenvalue weighted by molar-refractivity contribution is -0.123. The summed E-state index contributed by atoms with van der Waals surface area (Å²) in [4.78, 5) is 11.7. The molecular formula is C13H18ClFN2O4. The molecule has 118 valence electrons. The quantitative estimate of drug-likeness (QED) is 0.834. The van der Waals surface area contributed by atoms with Gasteiger partial charge in [0.15, 0.2) is 6.79 Å². The average Bonchev–Trinajstić information content (AvgIpc) is 2.44. The molecule has 0 saturated heterocycles. The SMILES string of the molecule is COCC(N)C(=O)NCc1cc(F)cc2c1OCOC2.Cl. The van der Waals surface area contributed by atoms with Crippen molar-refractivity contribution in [3.63, 3.8) is 0 Å². The molecule has 0 saturated carbocycles. The number of rotatable bonds is 5. The maximum atomic E-state index is 13.5. The Morgan fingerprint density at radius 2 is 2.33 bits per heavy atom. The summed E-state index contributed by atoms with van der Waals surface area (Å²) < 4.78 is 28.7. The molecule has 1 unspecified atom stereocenters. The number of methoxy groups -OCH3 is 1. The summed E-state index contributed by atoms with van der Waals surface area (Å²) in [5, 5.41) is 2.63. The number of fused-ring (bicyclic) bond motifs is 1. The summed E-state index contributed by atoms with van der Waals surface area (Å²) in [6.45, 7) is 0.660. The van der Waals surface area contributed by atoms with E-state index in [1.807, 2.05) is 0 Å². The minimum Gasteiger partial charge on any atom is -0.467 e. The highest BCUT2D eigenvalue weighted by molar-refractivity contribution is 5.85. The zero-order chi connectivity index (χ0) is 14.5. The summed E-state index contributed by atoms with van der Waals surface area (Å²) >= 11 is 0. The first-order valence-corrected chi connectivity index (χ1v) is 6.16. The van der Waals surface area contributed by atoms with E-state index in [1.165, 1.54) is 19.2 Å². The largest absolute Gasteiger partial charge is 0.467 e. The van der Waals surface area contributed by atoms with Crippen LogP contribution in [-0.4, -0.2) is 32.5 Å². The molecule has 0 fully saturated rings. The first-order chi connectivity index (χ1) is 9.61. The molecule has 6 nitrogen and oxygen atoms in total. The lowest BCUT2D eigenvalue weighted by Crippen LogP contribution is -2.43. The Labute approximate surface area is 128 Å².